The summed E-state index contributed by atoms with van der Waals surface area (Å²) < 4.78 is 5.48. The maximum Gasteiger partial charge on any atom is 0.410 e. The maximum atomic E-state index is 12.2. The van der Waals surface area contributed by atoms with E-state index in [1.165, 1.54) is 0 Å². The van der Waals surface area contributed by atoms with E-state index in [1.807, 2.05) is 20.8 Å². The van der Waals surface area contributed by atoms with Crippen molar-refractivity contribution in [1.29, 1.82) is 0 Å². The third kappa shape index (κ3) is 5.87. The lowest BCUT2D eigenvalue weighted by Gasteiger charge is -2.40. The van der Waals surface area contributed by atoms with Crippen molar-refractivity contribution in [2.75, 3.05) is 46.8 Å². The summed E-state index contributed by atoms with van der Waals surface area (Å²) in [6.45, 7) is 13.8. The fourth-order valence-electron chi connectivity index (χ4n) is 2.68. The molecule has 1 amide bonds. The minimum Gasteiger partial charge on any atom is -0.444 e. The molecule has 1 fully saturated rings. The van der Waals surface area contributed by atoms with Gasteiger partial charge in [-0.3, -0.25) is 4.99 Å². The van der Waals surface area contributed by atoms with Crippen LogP contribution < -0.4 is 5.32 Å². The molecular formula is C17H34IN5O2. The second-order valence-corrected chi connectivity index (χ2v) is 8.50. The lowest BCUT2D eigenvalue weighted by atomic mass is 10.0. The van der Waals surface area contributed by atoms with Crippen molar-refractivity contribution in [3.8, 4) is 0 Å². The summed E-state index contributed by atoms with van der Waals surface area (Å²) in [6.07, 6.45) is -0.225. The Morgan fingerprint density at radius 1 is 1.28 bits per heavy atom. The Bertz CT molecular complexity index is 502. The third-order valence-corrected chi connectivity index (χ3v) is 4.75. The van der Waals surface area contributed by atoms with E-state index in [4.69, 9.17) is 4.74 Å². The van der Waals surface area contributed by atoms with Crippen LogP contribution in [0, 0.1) is 0 Å². The molecule has 0 aliphatic carbocycles. The zero-order valence-corrected chi connectivity index (χ0v) is 19.0. The molecule has 0 spiro atoms. The van der Waals surface area contributed by atoms with Gasteiger partial charge in [-0.05, 0) is 48.7 Å². The van der Waals surface area contributed by atoms with E-state index in [9.17, 15) is 4.79 Å². The summed E-state index contributed by atoms with van der Waals surface area (Å²) in [5.41, 5.74) is -0.399. The second-order valence-electron chi connectivity index (χ2n) is 8.50. The van der Waals surface area contributed by atoms with Gasteiger partial charge in [0.1, 0.15) is 5.60 Å². The number of hydrogen-bond acceptors (Lipinski definition) is 6. The van der Waals surface area contributed by atoms with Crippen molar-refractivity contribution in [3.05, 3.63) is 0 Å². The average Bonchev–Trinajstić information content (AvgIpc) is 2.85. The highest BCUT2D eigenvalue weighted by Crippen LogP contribution is 2.19. The van der Waals surface area contributed by atoms with Crippen LogP contribution in [0.4, 0.5) is 4.79 Å². The van der Waals surface area contributed by atoms with Gasteiger partial charge in [-0.1, -0.05) is 0 Å². The number of fused-ring (bicyclic) bond motifs is 1. The Labute approximate surface area is 169 Å². The number of nitrogens with zero attached hydrogens (tertiary/aromatic N) is 4. The van der Waals surface area contributed by atoms with Gasteiger partial charge in [0.2, 0.25) is 0 Å². The number of likely N-dealkylation sites (N-methyl/N-ethyl adjacent to an activating group) is 1. The Kier molecular flexibility index (Phi) is 7.38. The van der Waals surface area contributed by atoms with Gasteiger partial charge < -0.3 is 24.8 Å². The van der Waals surface area contributed by atoms with E-state index in [0.29, 0.717) is 13.1 Å². The van der Waals surface area contributed by atoms with Crippen LogP contribution in [0.2, 0.25) is 0 Å². The van der Waals surface area contributed by atoms with Crippen molar-refractivity contribution in [2.45, 2.75) is 51.8 Å². The molecule has 2 aliphatic heterocycles. The van der Waals surface area contributed by atoms with Crippen molar-refractivity contribution >= 4 is 36.0 Å². The topological polar surface area (TPSA) is 60.4 Å². The number of hydrogen-bond donors (Lipinski definition) is 1. The van der Waals surface area contributed by atoms with Crippen molar-refractivity contribution in [1.82, 2.24) is 20.0 Å². The number of rotatable bonds is 3. The Morgan fingerprint density at radius 3 is 2.48 bits per heavy atom. The molecule has 2 heterocycles. The summed E-state index contributed by atoms with van der Waals surface area (Å²) in [4.78, 5) is 23.2. The molecule has 146 valence electrons. The molecule has 1 saturated heterocycles. The predicted octanol–water partition coefficient (Wildman–Crippen LogP) is 1.83. The molecule has 0 aromatic rings. The van der Waals surface area contributed by atoms with Gasteiger partial charge in [-0.2, -0.15) is 0 Å². The number of ether oxygens (including phenoxy) is 1. The molecule has 0 radical (unpaired) electrons. The van der Waals surface area contributed by atoms with Crippen LogP contribution in [0.5, 0.6) is 0 Å². The summed E-state index contributed by atoms with van der Waals surface area (Å²) in [6, 6.07) is 0.247. The zero-order valence-electron chi connectivity index (χ0n) is 16.6. The third-order valence-electron chi connectivity index (χ3n) is 4.75. The Morgan fingerprint density at radius 2 is 1.92 bits per heavy atom. The first-order chi connectivity index (χ1) is 11.0. The fourth-order valence-corrected chi connectivity index (χ4v) is 2.68. The number of aliphatic imine (C=N–C) groups is 1. The zero-order chi connectivity index (χ0) is 18.1. The number of nitrogens with one attached hydrogen (secondary N) is 1. The van der Waals surface area contributed by atoms with Crippen LogP contribution in [0.1, 0.15) is 34.6 Å². The van der Waals surface area contributed by atoms with Gasteiger partial charge in [-0.25, -0.2) is 4.79 Å². The number of carbonyl (C=O) groups excluding carboxylic acids is 1. The lowest BCUT2D eigenvalue weighted by molar-refractivity contribution is 0.0137. The van der Waals surface area contributed by atoms with E-state index in [-0.39, 0.29) is 41.7 Å². The minimum atomic E-state index is -0.454. The van der Waals surface area contributed by atoms with Crippen molar-refractivity contribution in [3.63, 3.8) is 0 Å². The number of halogens is 1. The summed E-state index contributed by atoms with van der Waals surface area (Å²) in [7, 11) is 4.17. The van der Waals surface area contributed by atoms with Crippen LogP contribution in [0.3, 0.4) is 0 Å². The largest absolute Gasteiger partial charge is 0.444 e. The minimum absolute atomic E-state index is 0. The molecule has 1 unspecified atom stereocenters. The van der Waals surface area contributed by atoms with Crippen molar-refractivity contribution < 1.29 is 9.53 Å². The van der Waals surface area contributed by atoms with Gasteiger partial charge in [-0.15, -0.1) is 24.0 Å². The van der Waals surface area contributed by atoms with Crippen LogP contribution in [-0.4, -0.2) is 90.8 Å². The predicted molar refractivity (Wildman–Crippen MR) is 112 cm³/mol. The molecule has 0 aromatic carbocycles. The molecule has 1 atom stereocenters. The second kappa shape index (κ2) is 8.28. The molecule has 2 aliphatic rings. The van der Waals surface area contributed by atoms with E-state index in [2.05, 4.69) is 48.1 Å². The van der Waals surface area contributed by atoms with Crippen LogP contribution in [-0.2, 0) is 4.74 Å². The molecule has 0 aromatic heterocycles. The van der Waals surface area contributed by atoms with Gasteiger partial charge in [0.15, 0.2) is 5.96 Å². The highest BCUT2D eigenvalue weighted by atomic mass is 127. The van der Waals surface area contributed by atoms with Crippen LogP contribution in [0.25, 0.3) is 0 Å². The first-order valence-corrected chi connectivity index (χ1v) is 8.70. The van der Waals surface area contributed by atoms with Crippen molar-refractivity contribution in [2.24, 2.45) is 4.99 Å². The quantitative estimate of drug-likeness (QED) is 0.642. The average molecular weight is 467 g/mol. The summed E-state index contributed by atoms with van der Waals surface area (Å²) >= 11 is 0. The first-order valence-electron chi connectivity index (χ1n) is 8.70. The summed E-state index contributed by atoms with van der Waals surface area (Å²) in [5.74, 6) is 0.957. The lowest BCUT2D eigenvalue weighted by Crippen LogP contribution is -2.59. The molecular weight excluding hydrogens is 433 g/mol. The smallest absolute Gasteiger partial charge is 0.410 e. The van der Waals surface area contributed by atoms with Gasteiger partial charge >= 0.3 is 6.09 Å². The number of guanidine groups is 1. The molecule has 8 heteroatoms. The Hall–Kier alpha value is -0.770. The molecule has 1 N–H and O–H groups in total. The molecule has 7 nitrogen and oxygen atoms in total. The highest BCUT2D eigenvalue weighted by molar-refractivity contribution is 14.0. The first kappa shape index (κ1) is 22.3. The van der Waals surface area contributed by atoms with Gasteiger partial charge in [0, 0.05) is 31.7 Å². The van der Waals surface area contributed by atoms with Gasteiger partial charge in [0.25, 0.3) is 0 Å². The van der Waals surface area contributed by atoms with Gasteiger partial charge in [0.05, 0.1) is 12.6 Å². The number of carbonyl (C=O) groups is 1. The van der Waals surface area contributed by atoms with E-state index < -0.39 is 5.60 Å². The Balaban J connectivity index is 0.00000312. The normalized spacial score (nSPS) is 20.8. The SMILES string of the molecule is CN(C)C(C)(C)CNC1=NCC2CN(C(=O)OC(C)(C)C)CCN12.I. The van der Waals surface area contributed by atoms with Crippen LogP contribution >= 0.6 is 24.0 Å². The molecule has 2 rings (SSSR count). The number of amides is 1. The molecule has 25 heavy (non-hydrogen) atoms. The molecule has 0 saturated carbocycles. The van der Waals surface area contributed by atoms with E-state index in [0.717, 1.165) is 25.6 Å². The van der Waals surface area contributed by atoms with Crippen LogP contribution in [0.15, 0.2) is 4.99 Å². The monoisotopic (exact) mass is 467 g/mol. The highest BCUT2D eigenvalue weighted by Gasteiger charge is 2.36. The standard InChI is InChI=1S/C17H33N5O2.HI/c1-16(2,3)24-15(23)21-8-9-22-13(11-21)10-18-14(22)19-12-17(4,5)20(6)7;/h13H,8-12H2,1-7H3,(H,18,19);1H. The van der Waals surface area contributed by atoms with E-state index in [1.54, 1.807) is 4.90 Å². The summed E-state index contributed by atoms with van der Waals surface area (Å²) in [5, 5.41) is 3.48. The number of piperazine rings is 1. The van der Waals surface area contributed by atoms with E-state index >= 15 is 0 Å². The fraction of sp³-hybridized carbons (Fsp3) is 0.882. The maximum absolute atomic E-state index is 12.2. The molecule has 0 bridgehead atoms.